The molecule has 10 heteroatoms. The molecular formula is C18H26ClN5O4. The molecule has 4 rings (SSSR count). The average Bonchev–Trinajstić information content (AvgIpc) is 3.35. The number of imidazole rings is 1. The Bertz CT molecular complexity index is 923. The van der Waals surface area contributed by atoms with Crippen LogP contribution in [0.4, 0.5) is 0 Å². The van der Waals surface area contributed by atoms with Crippen molar-refractivity contribution in [3.63, 3.8) is 0 Å². The van der Waals surface area contributed by atoms with Crippen LogP contribution in [0.3, 0.4) is 0 Å². The van der Waals surface area contributed by atoms with Crippen molar-refractivity contribution in [2.24, 2.45) is 7.05 Å². The van der Waals surface area contributed by atoms with E-state index in [1.54, 1.807) is 18.7 Å². The summed E-state index contributed by atoms with van der Waals surface area (Å²) in [6.07, 6.45) is 1.58. The molecule has 0 N–H and O–H groups in total. The van der Waals surface area contributed by atoms with Crippen LogP contribution in [-0.4, -0.2) is 76.2 Å². The molecule has 4 atom stereocenters. The van der Waals surface area contributed by atoms with Gasteiger partial charge < -0.3 is 14.2 Å². The Morgan fingerprint density at radius 1 is 1.29 bits per heavy atom. The van der Waals surface area contributed by atoms with Crippen molar-refractivity contribution in [2.45, 2.75) is 44.1 Å². The maximum absolute atomic E-state index is 12.9. The summed E-state index contributed by atoms with van der Waals surface area (Å²) in [5, 5.41) is 0.0519. The van der Waals surface area contributed by atoms with E-state index in [4.69, 9.17) is 25.8 Å². The van der Waals surface area contributed by atoms with Crippen LogP contribution in [0.25, 0.3) is 11.2 Å². The molecule has 0 spiro atoms. The zero-order valence-corrected chi connectivity index (χ0v) is 17.3. The Balaban J connectivity index is 1.75. The van der Waals surface area contributed by atoms with Crippen LogP contribution in [0.5, 0.6) is 5.88 Å². The molecule has 0 unspecified atom stereocenters. The quantitative estimate of drug-likeness (QED) is 0.684. The van der Waals surface area contributed by atoms with Gasteiger partial charge in [-0.25, -0.2) is 4.79 Å². The van der Waals surface area contributed by atoms with Gasteiger partial charge in [0.2, 0.25) is 11.2 Å². The van der Waals surface area contributed by atoms with E-state index >= 15 is 0 Å². The maximum Gasteiger partial charge on any atom is 0.330 e. The highest BCUT2D eigenvalue weighted by Gasteiger charge is 2.38. The normalized spacial score (nSPS) is 27.0. The number of fused-ring (bicyclic) bond motifs is 1. The third-order valence-corrected chi connectivity index (χ3v) is 6.04. The van der Waals surface area contributed by atoms with Crippen molar-refractivity contribution < 1.29 is 14.2 Å². The predicted molar refractivity (Wildman–Crippen MR) is 104 cm³/mol. The van der Waals surface area contributed by atoms with Gasteiger partial charge >= 0.3 is 5.69 Å². The molecule has 0 aliphatic carbocycles. The third kappa shape index (κ3) is 3.20. The molecule has 2 saturated heterocycles. The summed E-state index contributed by atoms with van der Waals surface area (Å²) in [4.78, 5) is 23.8. The predicted octanol–water partition coefficient (Wildman–Crippen LogP) is 1.23. The lowest BCUT2D eigenvalue weighted by Crippen LogP contribution is -2.44. The number of rotatable bonds is 5. The highest BCUT2D eigenvalue weighted by molar-refractivity contribution is 6.28. The molecular weight excluding hydrogens is 386 g/mol. The zero-order chi connectivity index (χ0) is 20.0. The number of nitrogens with zero attached hydrogens (tertiary/aromatic N) is 5. The van der Waals surface area contributed by atoms with Crippen molar-refractivity contribution >= 4 is 22.8 Å². The standard InChI is InChI=1S/C18H26ClN5O4/c1-10(13-12(26-4)5-7-22(13)2)28-16-14-15(20-17(19)21-16)24(18(25)23(14)3)11-6-8-27-9-11/h10-13H,5-9H2,1-4H3/t10-,11+,12-,13+/m0/s1. The molecule has 28 heavy (non-hydrogen) atoms. The first-order valence-corrected chi connectivity index (χ1v) is 9.92. The molecule has 0 radical (unpaired) electrons. The van der Waals surface area contributed by atoms with E-state index < -0.39 is 0 Å². The smallest absolute Gasteiger partial charge is 0.330 e. The summed E-state index contributed by atoms with van der Waals surface area (Å²) in [5.41, 5.74) is 0.850. The van der Waals surface area contributed by atoms with Crippen molar-refractivity contribution in [1.29, 1.82) is 0 Å². The molecule has 154 valence electrons. The molecule has 2 aromatic heterocycles. The SMILES string of the molecule is CO[C@H]1CCN(C)[C@@H]1[C@H](C)Oc1nc(Cl)nc2c1n(C)c(=O)n2[C@@H]1CCOC1. The van der Waals surface area contributed by atoms with Gasteiger partial charge in [0.25, 0.3) is 0 Å². The summed E-state index contributed by atoms with van der Waals surface area (Å²) in [5.74, 6) is 0.315. The van der Waals surface area contributed by atoms with Crippen LogP contribution < -0.4 is 10.4 Å². The van der Waals surface area contributed by atoms with E-state index in [9.17, 15) is 4.79 Å². The molecule has 2 aromatic rings. The van der Waals surface area contributed by atoms with Gasteiger partial charge in [0.05, 0.1) is 24.8 Å². The highest BCUT2D eigenvalue weighted by Crippen LogP contribution is 2.30. The van der Waals surface area contributed by atoms with Crippen molar-refractivity contribution in [1.82, 2.24) is 24.0 Å². The number of likely N-dealkylation sites (N-methyl/N-ethyl adjacent to an activating group) is 1. The van der Waals surface area contributed by atoms with E-state index in [1.807, 2.05) is 6.92 Å². The van der Waals surface area contributed by atoms with Crippen LogP contribution in [0.15, 0.2) is 4.79 Å². The Kier molecular flexibility index (Phi) is 5.34. The number of aryl methyl sites for hydroxylation is 1. The minimum absolute atomic E-state index is 0.0519. The summed E-state index contributed by atoms with van der Waals surface area (Å²) in [6.45, 7) is 4.03. The fourth-order valence-electron chi connectivity index (χ4n) is 4.44. The fourth-order valence-corrected chi connectivity index (χ4v) is 4.60. The average molecular weight is 412 g/mol. The number of methoxy groups -OCH3 is 1. The first-order valence-electron chi connectivity index (χ1n) is 9.54. The van der Waals surface area contributed by atoms with E-state index in [-0.39, 0.29) is 35.3 Å². The number of hydrogen-bond donors (Lipinski definition) is 0. The lowest BCUT2D eigenvalue weighted by molar-refractivity contribution is 0.0178. The lowest BCUT2D eigenvalue weighted by Gasteiger charge is -2.30. The van der Waals surface area contributed by atoms with Gasteiger partial charge in [-0.05, 0) is 38.4 Å². The molecule has 9 nitrogen and oxygen atoms in total. The van der Waals surface area contributed by atoms with E-state index in [1.165, 1.54) is 4.57 Å². The Hall–Kier alpha value is -1.68. The minimum atomic E-state index is -0.208. The summed E-state index contributed by atoms with van der Waals surface area (Å²) in [7, 11) is 5.47. The Morgan fingerprint density at radius 3 is 2.75 bits per heavy atom. The number of hydrogen-bond acceptors (Lipinski definition) is 7. The van der Waals surface area contributed by atoms with Crippen LogP contribution in [0.2, 0.25) is 5.28 Å². The summed E-state index contributed by atoms with van der Waals surface area (Å²) >= 11 is 6.20. The lowest BCUT2D eigenvalue weighted by atomic mass is 10.1. The van der Waals surface area contributed by atoms with Crippen LogP contribution in [0, 0.1) is 0 Å². The van der Waals surface area contributed by atoms with E-state index in [0.717, 1.165) is 19.4 Å². The zero-order valence-electron chi connectivity index (χ0n) is 16.6. The topological polar surface area (TPSA) is 83.6 Å². The molecule has 2 fully saturated rings. The minimum Gasteiger partial charge on any atom is -0.471 e. The van der Waals surface area contributed by atoms with E-state index in [2.05, 4.69) is 21.9 Å². The summed E-state index contributed by atoms with van der Waals surface area (Å²) in [6, 6.07) is 0.0161. The summed E-state index contributed by atoms with van der Waals surface area (Å²) < 4.78 is 20.5. The third-order valence-electron chi connectivity index (χ3n) is 5.87. The van der Waals surface area contributed by atoms with Gasteiger partial charge in [0.15, 0.2) is 11.2 Å². The van der Waals surface area contributed by atoms with Crippen LogP contribution in [-0.2, 0) is 16.5 Å². The van der Waals surface area contributed by atoms with Gasteiger partial charge in [0.1, 0.15) is 6.10 Å². The second kappa shape index (κ2) is 7.62. The van der Waals surface area contributed by atoms with Crippen LogP contribution in [0.1, 0.15) is 25.8 Å². The monoisotopic (exact) mass is 411 g/mol. The van der Waals surface area contributed by atoms with Crippen molar-refractivity contribution in [3.8, 4) is 5.88 Å². The second-order valence-corrected chi connectivity index (χ2v) is 7.89. The van der Waals surface area contributed by atoms with Gasteiger partial charge in [-0.15, -0.1) is 0 Å². The largest absolute Gasteiger partial charge is 0.471 e. The van der Waals surface area contributed by atoms with Crippen molar-refractivity contribution in [2.75, 3.05) is 33.9 Å². The number of likely N-dealkylation sites (tertiary alicyclic amines) is 1. The number of ether oxygens (including phenoxy) is 3. The van der Waals surface area contributed by atoms with Crippen molar-refractivity contribution in [3.05, 3.63) is 15.8 Å². The Morgan fingerprint density at radius 2 is 2.07 bits per heavy atom. The second-order valence-electron chi connectivity index (χ2n) is 7.56. The van der Waals surface area contributed by atoms with Crippen LogP contribution >= 0.6 is 11.6 Å². The molecule has 2 aliphatic rings. The number of aromatic nitrogens is 4. The number of halogens is 1. The first-order chi connectivity index (χ1) is 13.4. The van der Waals surface area contributed by atoms with E-state index in [0.29, 0.717) is 30.3 Å². The first kappa shape index (κ1) is 19.6. The Labute approximate surface area is 168 Å². The van der Waals surface area contributed by atoms with Gasteiger partial charge in [-0.2, -0.15) is 9.97 Å². The van der Waals surface area contributed by atoms with Gasteiger partial charge in [-0.3, -0.25) is 14.0 Å². The van der Waals surface area contributed by atoms with Gasteiger partial charge in [0, 0.05) is 27.3 Å². The molecule has 0 bridgehead atoms. The molecule has 0 aromatic carbocycles. The molecule has 0 saturated carbocycles. The van der Waals surface area contributed by atoms with Gasteiger partial charge in [-0.1, -0.05) is 0 Å². The molecule has 0 amide bonds. The molecule has 4 heterocycles. The maximum atomic E-state index is 12.9. The highest BCUT2D eigenvalue weighted by atomic mass is 35.5. The fraction of sp³-hybridized carbons (Fsp3) is 0.722. The molecule has 2 aliphatic heterocycles.